The van der Waals surface area contributed by atoms with E-state index in [0.717, 1.165) is 35.2 Å². The molecular formula is C20H20ClFN4O2. The van der Waals surface area contributed by atoms with E-state index in [0.29, 0.717) is 23.9 Å². The minimum absolute atomic E-state index is 0.0102. The average Bonchev–Trinajstić information content (AvgIpc) is 2.96. The lowest BCUT2D eigenvalue weighted by Crippen LogP contribution is -2.40. The van der Waals surface area contributed by atoms with E-state index in [1.807, 2.05) is 23.6 Å². The topological polar surface area (TPSA) is 70.7 Å². The zero-order valence-corrected chi connectivity index (χ0v) is 16.2. The first-order valence-electron chi connectivity index (χ1n) is 9.24. The van der Waals surface area contributed by atoms with Crippen molar-refractivity contribution in [1.82, 2.24) is 14.4 Å². The van der Waals surface area contributed by atoms with Gasteiger partial charge in [-0.05, 0) is 43.0 Å². The molecule has 146 valence electrons. The molecular weight excluding hydrogens is 383 g/mol. The van der Waals surface area contributed by atoms with Gasteiger partial charge in [0, 0.05) is 36.4 Å². The van der Waals surface area contributed by atoms with Crippen molar-refractivity contribution in [2.45, 2.75) is 38.6 Å². The molecule has 1 atom stereocenters. The first-order chi connectivity index (χ1) is 13.5. The first kappa shape index (κ1) is 18.7. The van der Waals surface area contributed by atoms with Gasteiger partial charge in [-0.15, -0.1) is 0 Å². The van der Waals surface area contributed by atoms with Crippen molar-refractivity contribution < 1.29 is 14.3 Å². The van der Waals surface area contributed by atoms with Crippen LogP contribution in [0.4, 0.5) is 10.3 Å². The molecule has 8 heteroatoms. The smallest absolute Gasteiger partial charge is 0.307 e. The second-order valence-corrected chi connectivity index (χ2v) is 7.40. The maximum absolute atomic E-state index is 13.2. The highest BCUT2D eigenvalue weighted by Gasteiger charge is 2.30. The molecule has 6 nitrogen and oxygen atoms in total. The van der Waals surface area contributed by atoms with Crippen LogP contribution in [0.1, 0.15) is 30.2 Å². The molecule has 1 unspecified atom stereocenters. The number of carboxylic acid groups (broad SMARTS) is 1. The van der Waals surface area contributed by atoms with Gasteiger partial charge in [0.2, 0.25) is 5.95 Å². The van der Waals surface area contributed by atoms with Crippen LogP contribution in [-0.2, 0) is 24.1 Å². The van der Waals surface area contributed by atoms with Gasteiger partial charge in [0.25, 0.3) is 0 Å². The van der Waals surface area contributed by atoms with Gasteiger partial charge in [0.1, 0.15) is 0 Å². The Bertz CT molecular complexity index is 1030. The highest BCUT2D eigenvalue weighted by atomic mass is 35.5. The Balaban J connectivity index is 1.75. The van der Waals surface area contributed by atoms with Crippen LogP contribution < -0.4 is 4.90 Å². The summed E-state index contributed by atoms with van der Waals surface area (Å²) in [5.74, 6) is -0.805. The van der Waals surface area contributed by atoms with Crippen LogP contribution >= 0.6 is 11.6 Å². The third kappa shape index (κ3) is 3.30. The lowest BCUT2D eigenvalue weighted by molar-refractivity contribution is -0.136. The predicted octanol–water partition coefficient (Wildman–Crippen LogP) is 3.53. The number of carboxylic acids is 1. The maximum Gasteiger partial charge on any atom is 0.307 e. The zero-order chi connectivity index (χ0) is 19.8. The number of aromatic nitrogens is 3. The summed E-state index contributed by atoms with van der Waals surface area (Å²) in [6, 6.07) is 3.81. The minimum Gasteiger partial charge on any atom is -0.481 e. The maximum atomic E-state index is 13.2. The molecule has 4 rings (SSSR count). The number of aliphatic carboxylic acids is 1. The van der Waals surface area contributed by atoms with Crippen LogP contribution in [0.25, 0.3) is 5.52 Å². The molecule has 0 aromatic carbocycles. The molecule has 3 heterocycles. The third-order valence-corrected chi connectivity index (χ3v) is 5.58. The number of likely N-dealkylation sites (N-methyl/N-ethyl adjacent to an activating group) is 1. The van der Waals surface area contributed by atoms with Crippen LogP contribution in [0.2, 0.25) is 5.02 Å². The van der Waals surface area contributed by atoms with E-state index in [-0.39, 0.29) is 12.5 Å². The lowest BCUT2D eigenvalue weighted by atomic mass is 9.89. The number of halogens is 2. The van der Waals surface area contributed by atoms with Crippen molar-refractivity contribution in [1.29, 1.82) is 0 Å². The number of hydrogen-bond acceptors (Lipinski definition) is 4. The molecule has 0 spiro atoms. The molecule has 3 aromatic rings. The number of carbonyl (C=O) groups is 1. The summed E-state index contributed by atoms with van der Waals surface area (Å²) in [6.07, 6.45) is 6.51. The Morgan fingerprint density at radius 3 is 2.82 bits per heavy atom. The van der Waals surface area contributed by atoms with Gasteiger partial charge in [-0.2, -0.15) is 0 Å². The van der Waals surface area contributed by atoms with Gasteiger partial charge in [-0.3, -0.25) is 4.79 Å². The number of nitrogens with zero attached hydrogens (tertiary/aromatic N) is 4. The highest BCUT2D eigenvalue weighted by Crippen LogP contribution is 2.34. The molecule has 1 N–H and O–H groups in total. The van der Waals surface area contributed by atoms with E-state index in [1.54, 1.807) is 6.07 Å². The molecule has 0 aliphatic heterocycles. The van der Waals surface area contributed by atoms with Gasteiger partial charge in [0.15, 0.2) is 5.82 Å². The van der Waals surface area contributed by atoms with Crippen molar-refractivity contribution in [3.05, 3.63) is 58.4 Å². The zero-order valence-electron chi connectivity index (χ0n) is 15.4. The fraction of sp³-hybridized carbons (Fsp3) is 0.350. The van der Waals surface area contributed by atoms with Crippen molar-refractivity contribution in [2.24, 2.45) is 0 Å². The molecule has 1 aliphatic carbocycles. The molecule has 0 radical (unpaired) electrons. The van der Waals surface area contributed by atoms with E-state index in [2.05, 4.69) is 14.9 Å². The Labute approximate surface area is 166 Å². The fourth-order valence-corrected chi connectivity index (χ4v) is 4.36. The Hall–Kier alpha value is -2.67. The number of pyridine rings is 1. The Morgan fingerprint density at radius 2 is 2.14 bits per heavy atom. The molecule has 0 fully saturated rings. The van der Waals surface area contributed by atoms with Gasteiger partial charge < -0.3 is 14.4 Å². The average molecular weight is 403 g/mol. The van der Waals surface area contributed by atoms with Crippen LogP contribution in [0.5, 0.6) is 0 Å². The largest absolute Gasteiger partial charge is 0.481 e. The normalized spacial score (nSPS) is 16.2. The van der Waals surface area contributed by atoms with E-state index in [1.165, 1.54) is 12.4 Å². The van der Waals surface area contributed by atoms with E-state index >= 15 is 0 Å². The van der Waals surface area contributed by atoms with Crippen LogP contribution in [0.3, 0.4) is 0 Å². The van der Waals surface area contributed by atoms with E-state index in [4.69, 9.17) is 11.6 Å². The summed E-state index contributed by atoms with van der Waals surface area (Å²) in [5, 5.41) is 9.96. The SMILES string of the molecule is CCN(c1ncc(F)cn1)C1CCc2c(CC(=O)O)c3ccc(Cl)cn3c2C1. The number of rotatable bonds is 5. The summed E-state index contributed by atoms with van der Waals surface area (Å²) in [4.78, 5) is 21.7. The van der Waals surface area contributed by atoms with Gasteiger partial charge >= 0.3 is 5.97 Å². The van der Waals surface area contributed by atoms with Crippen molar-refractivity contribution in [3.8, 4) is 0 Å². The summed E-state index contributed by atoms with van der Waals surface area (Å²) in [5.41, 5.74) is 3.92. The van der Waals surface area contributed by atoms with Gasteiger partial charge in [0.05, 0.1) is 23.8 Å². The van der Waals surface area contributed by atoms with Crippen molar-refractivity contribution in [2.75, 3.05) is 11.4 Å². The van der Waals surface area contributed by atoms with E-state index in [9.17, 15) is 14.3 Å². The van der Waals surface area contributed by atoms with Crippen LogP contribution in [0, 0.1) is 5.82 Å². The summed E-state index contributed by atoms with van der Waals surface area (Å²) in [6.45, 7) is 2.71. The predicted molar refractivity (Wildman–Crippen MR) is 105 cm³/mol. The minimum atomic E-state index is -0.845. The second kappa shape index (κ2) is 7.39. The number of anilines is 1. The molecule has 28 heavy (non-hydrogen) atoms. The van der Waals surface area contributed by atoms with Crippen molar-refractivity contribution >= 4 is 29.0 Å². The lowest BCUT2D eigenvalue weighted by Gasteiger charge is -2.34. The monoisotopic (exact) mass is 402 g/mol. The standard InChI is InChI=1S/C20H20ClFN4O2/c1-2-25(20-23-9-13(22)10-24-20)14-4-5-15-16(8-19(27)28)17-6-3-12(21)11-26(17)18(15)7-14/h3,6,9-11,14H,2,4-5,7-8H2,1H3,(H,27,28). The Morgan fingerprint density at radius 1 is 1.39 bits per heavy atom. The van der Waals surface area contributed by atoms with Crippen LogP contribution in [-0.4, -0.2) is 38.0 Å². The molecule has 3 aromatic heterocycles. The van der Waals surface area contributed by atoms with Gasteiger partial charge in [-0.1, -0.05) is 11.6 Å². The first-order valence-corrected chi connectivity index (χ1v) is 9.62. The number of fused-ring (bicyclic) bond motifs is 3. The highest BCUT2D eigenvalue weighted by molar-refractivity contribution is 6.30. The summed E-state index contributed by atoms with van der Waals surface area (Å²) >= 11 is 6.21. The van der Waals surface area contributed by atoms with Crippen molar-refractivity contribution in [3.63, 3.8) is 0 Å². The molecule has 1 aliphatic rings. The molecule has 0 saturated carbocycles. The molecule has 0 bridgehead atoms. The molecule has 0 amide bonds. The van der Waals surface area contributed by atoms with E-state index < -0.39 is 11.8 Å². The Kier molecular flexibility index (Phi) is 4.93. The van der Waals surface area contributed by atoms with Crippen LogP contribution in [0.15, 0.2) is 30.7 Å². The van der Waals surface area contributed by atoms with Gasteiger partial charge in [-0.25, -0.2) is 14.4 Å². The summed E-state index contributed by atoms with van der Waals surface area (Å²) < 4.78 is 15.2. The third-order valence-electron chi connectivity index (χ3n) is 5.35. The second-order valence-electron chi connectivity index (χ2n) is 6.96. The quantitative estimate of drug-likeness (QED) is 0.706. The molecule has 0 saturated heterocycles. The summed E-state index contributed by atoms with van der Waals surface area (Å²) in [7, 11) is 0. The fourth-order valence-electron chi connectivity index (χ4n) is 4.20. The number of hydrogen-bond donors (Lipinski definition) is 1.